The minimum absolute atomic E-state index is 0.00772. The van der Waals surface area contributed by atoms with Crippen LogP contribution < -0.4 is 20.7 Å². The minimum atomic E-state index is -0.485. The van der Waals surface area contributed by atoms with Crippen LogP contribution in [0, 0.1) is 0 Å². The molecule has 0 aromatic heterocycles. The van der Waals surface area contributed by atoms with Crippen molar-refractivity contribution < 1.29 is 24.2 Å². The fraction of sp³-hybridized carbons (Fsp3) is 0.692. The van der Waals surface area contributed by atoms with Gasteiger partial charge in [0.2, 0.25) is 5.91 Å². The number of hydrogen-bond acceptors (Lipinski definition) is 5. The van der Waals surface area contributed by atoms with Crippen molar-refractivity contribution in [3.8, 4) is 5.75 Å². The van der Waals surface area contributed by atoms with E-state index in [0.29, 0.717) is 6.42 Å². The molecule has 0 radical (unpaired) electrons. The Bertz CT molecular complexity index is 881. The van der Waals surface area contributed by atoms with E-state index >= 15 is 0 Å². The van der Waals surface area contributed by atoms with Crippen LogP contribution in [-0.2, 0) is 9.53 Å². The van der Waals surface area contributed by atoms with Gasteiger partial charge in [0, 0.05) is 29.3 Å². The lowest BCUT2D eigenvalue weighted by molar-refractivity contribution is -0.142. The van der Waals surface area contributed by atoms with E-state index in [1.165, 1.54) is 19.3 Å². The summed E-state index contributed by atoms with van der Waals surface area (Å²) in [5.41, 5.74) is 1.72. The lowest BCUT2D eigenvalue weighted by Gasteiger charge is -2.37. The quantitative estimate of drug-likeness (QED) is 0.507. The lowest BCUT2D eigenvalue weighted by atomic mass is 9.84. The van der Waals surface area contributed by atoms with Gasteiger partial charge in [-0.05, 0) is 50.3 Å². The summed E-state index contributed by atoms with van der Waals surface area (Å²) in [6.07, 6.45) is 9.96. The van der Waals surface area contributed by atoms with Crippen LogP contribution in [0.2, 0.25) is 0 Å². The number of anilines is 1. The van der Waals surface area contributed by atoms with E-state index in [-0.39, 0.29) is 55.2 Å². The average Bonchev–Trinajstić information content (AvgIpc) is 3.46. The molecular weight excluding hydrogens is 434 g/mol. The van der Waals surface area contributed by atoms with Gasteiger partial charge in [0.25, 0.3) is 0 Å². The maximum atomic E-state index is 12.6. The Kier molecular flexibility index (Phi) is 7.25. The van der Waals surface area contributed by atoms with Crippen molar-refractivity contribution in [3.05, 3.63) is 23.8 Å². The smallest absolute Gasteiger partial charge is 0.319 e. The predicted octanol–water partition coefficient (Wildman–Crippen LogP) is 3.58. The largest absolute Gasteiger partial charge is 0.487 e. The van der Waals surface area contributed by atoms with Crippen LogP contribution in [0.15, 0.2) is 18.2 Å². The summed E-state index contributed by atoms with van der Waals surface area (Å²) in [5, 5.41) is 19.2. The zero-order valence-corrected chi connectivity index (χ0v) is 19.8. The first kappa shape index (κ1) is 23.4. The summed E-state index contributed by atoms with van der Waals surface area (Å²) in [7, 11) is 0. The van der Waals surface area contributed by atoms with Crippen LogP contribution in [0.4, 0.5) is 10.5 Å². The second-order valence-corrected chi connectivity index (χ2v) is 10.3. The number of amides is 3. The van der Waals surface area contributed by atoms with Gasteiger partial charge < -0.3 is 30.5 Å². The molecule has 4 N–H and O–H groups in total. The van der Waals surface area contributed by atoms with Crippen molar-refractivity contribution >= 4 is 17.6 Å². The Balaban J connectivity index is 1.23. The molecule has 4 aliphatic rings. The molecule has 4 atom stereocenters. The van der Waals surface area contributed by atoms with E-state index < -0.39 is 6.10 Å². The Hall–Kier alpha value is -2.32. The molecule has 1 aromatic carbocycles. The Morgan fingerprint density at radius 1 is 0.971 bits per heavy atom. The van der Waals surface area contributed by atoms with Gasteiger partial charge in [-0.15, -0.1) is 0 Å². The molecule has 8 heteroatoms. The molecule has 34 heavy (non-hydrogen) atoms. The first-order chi connectivity index (χ1) is 16.6. The van der Waals surface area contributed by atoms with Crippen LogP contribution in [0.3, 0.4) is 0 Å². The highest BCUT2D eigenvalue weighted by molar-refractivity contribution is 5.89. The molecule has 5 rings (SSSR count). The number of nitrogens with one attached hydrogen (secondary N) is 3. The van der Waals surface area contributed by atoms with E-state index in [1.54, 1.807) is 0 Å². The number of aliphatic hydroxyl groups is 1. The van der Waals surface area contributed by atoms with Gasteiger partial charge in [0.1, 0.15) is 18.0 Å². The third kappa shape index (κ3) is 5.33. The number of aliphatic hydroxyl groups excluding tert-OH is 1. The zero-order chi connectivity index (χ0) is 23.5. The molecule has 2 saturated carbocycles. The molecule has 1 aromatic rings. The number of hydrogen-bond donors (Lipinski definition) is 4. The SMILES string of the molecule is O=C(C[C@H]1C[C@H]2c3cc(NC(=O)NC4CCCCC4)ccc3O[C@H]2[C@@H](CO)O1)NC1CCCC1. The summed E-state index contributed by atoms with van der Waals surface area (Å²) in [4.78, 5) is 25.1. The molecule has 3 amide bonds. The standard InChI is InChI=1S/C26H37N3O5/c30-15-23-25-21(13-19(33-23)14-24(31)27-16-8-4-5-9-16)20-12-18(10-11-22(20)34-25)29-26(32)28-17-6-2-1-3-7-17/h10-12,16-17,19,21,23,25,30H,1-9,13-15H2,(H,27,31)(H2,28,29,32)/t19-,21+,23-,25-/m1/s1. The fourth-order valence-electron chi connectivity index (χ4n) is 6.13. The summed E-state index contributed by atoms with van der Waals surface area (Å²) < 4.78 is 12.2. The number of urea groups is 1. The summed E-state index contributed by atoms with van der Waals surface area (Å²) in [6, 6.07) is 6.03. The van der Waals surface area contributed by atoms with Crippen molar-refractivity contribution in [2.75, 3.05) is 11.9 Å². The van der Waals surface area contributed by atoms with Gasteiger partial charge in [-0.25, -0.2) is 4.79 Å². The summed E-state index contributed by atoms with van der Waals surface area (Å²) in [5.74, 6) is 0.778. The Labute approximate surface area is 201 Å². The summed E-state index contributed by atoms with van der Waals surface area (Å²) >= 11 is 0. The first-order valence-electron chi connectivity index (χ1n) is 13.0. The van der Waals surface area contributed by atoms with E-state index in [0.717, 1.165) is 55.5 Å². The van der Waals surface area contributed by atoms with Crippen molar-refractivity contribution in [2.24, 2.45) is 0 Å². The van der Waals surface area contributed by atoms with Crippen LogP contribution in [-0.4, -0.2) is 54.0 Å². The van der Waals surface area contributed by atoms with Crippen LogP contribution >= 0.6 is 0 Å². The van der Waals surface area contributed by atoms with Gasteiger partial charge in [0.05, 0.1) is 19.1 Å². The molecule has 8 nitrogen and oxygen atoms in total. The molecule has 2 aliphatic carbocycles. The number of carbonyl (C=O) groups is 2. The van der Waals surface area contributed by atoms with Gasteiger partial charge in [0.15, 0.2) is 0 Å². The maximum absolute atomic E-state index is 12.6. The predicted molar refractivity (Wildman–Crippen MR) is 128 cm³/mol. The molecule has 186 valence electrons. The maximum Gasteiger partial charge on any atom is 0.319 e. The highest BCUT2D eigenvalue weighted by Gasteiger charge is 2.46. The highest BCUT2D eigenvalue weighted by atomic mass is 16.6. The molecule has 1 saturated heterocycles. The number of carbonyl (C=O) groups excluding carboxylic acids is 2. The first-order valence-corrected chi connectivity index (χ1v) is 13.0. The van der Waals surface area contributed by atoms with Crippen LogP contribution in [0.5, 0.6) is 5.75 Å². The number of benzene rings is 1. The second-order valence-electron chi connectivity index (χ2n) is 10.3. The molecular formula is C26H37N3O5. The van der Waals surface area contributed by atoms with Gasteiger partial charge in [-0.1, -0.05) is 32.1 Å². The van der Waals surface area contributed by atoms with Gasteiger partial charge in [-0.3, -0.25) is 4.79 Å². The normalized spacial score (nSPS) is 29.1. The molecule has 0 unspecified atom stereocenters. The Morgan fingerprint density at radius 3 is 2.41 bits per heavy atom. The molecule has 0 bridgehead atoms. The number of fused-ring (bicyclic) bond motifs is 3. The number of ether oxygens (including phenoxy) is 2. The molecule has 0 spiro atoms. The van der Waals surface area contributed by atoms with Crippen molar-refractivity contribution in [3.63, 3.8) is 0 Å². The van der Waals surface area contributed by atoms with E-state index in [1.807, 2.05) is 18.2 Å². The van der Waals surface area contributed by atoms with Crippen LogP contribution in [0.1, 0.15) is 82.1 Å². The Morgan fingerprint density at radius 2 is 1.68 bits per heavy atom. The second kappa shape index (κ2) is 10.5. The van der Waals surface area contributed by atoms with Gasteiger partial charge in [-0.2, -0.15) is 0 Å². The fourth-order valence-corrected chi connectivity index (χ4v) is 6.13. The molecule has 2 aliphatic heterocycles. The van der Waals surface area contributed by atoms with Crippen molar-refractivity contribution in [2.45, 2.75) is 107 Å². The third-order valence-electron chi connectivity index (χ3n) is 7.83. The van der Waals surface area contributed by atoms with Crippen molar-refractivity contribution in [1.29, 1.82) is 0 Å². The monoisotopic (exact) mass is 471 g/mol. The van der Waals surface area contributed by atoms with Crippen molar-refractivity contribution in [1.82, 2.24) is 10.6 Å². The summed E-state index contributed by atoms with van der Waals surface area (Å²) in [6.45, 7) is -0.162. The minimum Gasteiger partial charge on any atom is -0.487 e. The third-order valence-corrected chi connectivity index (χ3v) is 7.83. The van der Waals surface area contributed by atoms with E-state index in [9.17, 15) is 14.7 Å². The number of rotatable bonds is 6. The zero-order valence-electron chi connectivity index (χ0n) is 19.8. The highest BCUT2D eigenvalue weighted by Crippen LogP contribution is 2.47. The molecule has 3 fully saturated rings. The van der Waals surface area contributed by atoms with E-state index in [4.69, 9.17) is 9.47 Å². The van der Waals surface area contributed by atoms with Crippen LogP contribution in [0.25, 0.3) is 0 Å². The average molecular weight is 472 g/mol. The van der Waals surface area contributed by atoms with Gasteiger partial charge >= 0.3 is 6.03 Å². The lowest BCUT2D eigenvalue weighted by Crippen LogP contribution is -2.47. The topological polar surface area (TPSA) is 109 Å². The molecule has 2 heterocycles. The van der Waals surface area contributed by atoms with E-state index in [2.05, 4.69) is 16.0 Å².